The molecule has 68 valence electrons. The van der Waals surface area contributed by atoms with E-state index in [2.05, 4.69) is 10.2 Å². The first kappa shape index (κ1) is 11.0. The van der Waals surface area contributed by atoms with Gasteiger partial charge in [-0.25, -0.2) is 0 Å². The van der Waals surface area contributed by atoms with Crippen molar-refractivity contribution >= 4 is 18.4 Å². The first-order valence-electron chi connectivity index (χ1n) is 3.33. The summed E-state index contributed by atoms with van der Waals surface area (Å²) in [5.41, 5.74) is 2.40. The highest BCUT2D eigenvalue weighted by Gasteiger charge is 2.09. The smallest absolute Gasteiger partial charge is 0.307 e. The lowest BCUT2D eigenvalue weighted by Gasteiger charge is -1.93. The molecule has 0 fully saturated rings. The first-order valence-corrected chi connectivity index (χ1v) is 3.33. The monoisotopic (exact) mass is 190 g/mol. The molecule has 0 saturated carbocycles. The molecule has 0 amide bonds. The van der Waals surface area contributed by atoms with Gasteiger partial charge in [0.2, 0.25) is 0 Å². The minimum atomic E-state index is -0.822. The van der Waals surface area contributed by atoms with Gasteiger partial charge in [-0.3, -0.25) is 9.89 Å². The van der Waals surface area contributed by atoms with Crippen LogP contribution in [0.3, 0.4) is 0 Å². The zero-order chi connectivity index (χ0) is 8.43. The van der Waals surface area contributed by atoms with Gasteiger partial charge in [0.05, 0.1) is 12.1 Å². The summed E-state index contributed by atoms with van der Waals surface area (Å²) in [7, 11) is 0. The summed E-state index contributed by atoms with van der Waals surface area (Å²) in [5.74, 6) is -0.822. The van der Waals surface area contributed by atoms with Crippen molar-refractivity contribution in [1.82, 2.24) is 10.2 Å². The van der Waals surface area contributed by atoms with E-state index in [9.17, 15) is 4.79 Å². The minimum Gasteiger partial charge on any atom is -0.481 e. The van der Waals surface area contributed by atoms with Gasteiger partial charge in [-0.2, -0.15) is 5.10 Å². The lowest BCUT2D eigenvalue weighted by Crippen LogP contribution is -2.01. The number of carbonyl (C=O) groups is 1. The largest absolute Gasteiger partial charge is 0.481 e. The Kier molecular flexibility index (Phi) is 3.76. The molecular formula is C7H11ClN2O2. The number of nitrogens with zero attached hydrogens (tertiary/aromatic N) is 1. The summed E-state index contributed by atoms with van der Waals surface area (Å²) < 4.78 is 0. The number of aromatic amines is 1. The molecule has 0 atom stereocenters. The molecule has 0 aliphatic carbocycles. The van der Waals surface area contributed by atoms with Crippen molar-refractivity contribution in [2.75, 3.05) is 0 Å². The third-order valence-electron chi connectivity index (χ3n) is 1.61. The maximum atomic E-state index is 10.3. The van der Waals surface area contributed by atoms with Crippen molar-refractivity contribution in [3.63, 3.8) is 0 Å². The summed E-state index contributed by atoms with van der Waals surface area (Å²) in [5, 5.41) is 15.1. The Bertz CT molecular complexity index is 263. The normalized spacial score (nSPS) is 9.17. The highest BCUT2D eigenvalue weighted by Crippen LogP contribution is 2.09. The van der Waals surface area contributed by atoms with Crippen LogP contribution in [-0.2, 0) is 11.2 Å². The third-order valence-corrected chi connectivity index (χ3v) is 1.61. The number of halogens is 1. The van der Waals surface area contributed by atoms with E-state index in [0.29, 0.717) is 0 Å². The van der Waals surface area contributed by atoms with Crippen LogP contribution in [0.2, 0.25) is 0 Å². The Morgan fingerprint density at radius 1 is 1.58 bits per heavy atom. The van der Waals surface area contributed by atoms with Crippen LogP contribution in [0.1, 0.15) is 17.0 Å². The second-order valence-electron chi connectivity index (χ2n) is 2.48. The van der Waals surface area contributed by atoms with E-state index in [0.717, 1.165) is 17.0 Å². The fraction of sp³-hybridized carbons (Fsp3) is 0.429. The maximum absolute atomic E-state index is 10.3. The predicted molar refractivity (Wildman–Crippen MR) is 46.6 cm³/mol. The summed E-state index contributed by atoms with van der Waals surface area (Å²) in [6.45, 7) is 3.61. The Hall–Kier alpha value is -1.03. The van der Waals surface area contributed by atoms with Crippen molar-refractivity contribution in [3.8, 4) is 0 Å². The number of hydrogen-bond acceptors (Lipinski definition) is 2. The molecule has 1 rings (SSSR count). The number of nitrogens with one attached hydrogen (secondary N) is 1. The van der Waals surface area contributed by atoms with Gasteiger partial charge in [0.25, 0.3) is 0 Å². The molecule has 1 aromatic heterocycles. The molecule has 0 saturated heterocycles. The van der Waals surface area contributed by atoms with Crippen molar-refractivity contribution in [2.45, 2.75) is 20.3 Å². The molecule has 0 radical (unpaired) electrons. The van der Waals surface area contributed by atoms with E-state index in [-0.39, 0.29) is 18.8 Å². The predicted octanol–water partition coefficient (Wildman–Crippen LogP) is 1.08. The van der Waals surface area contributed by atoms with E-state index in [1.54, 1.807) is 6.92 Å². The highest BCUT2D eigenvalue weighted by atomic mass is 35.5. The fourth-order valence-electron chi connectivity index (χ4n) is 0.986. The Balaban J connectivity index is 0.00000121. The lowest BCUT2D eigenvalue weighted by atomic mass is 10.1. The highest BCUT2D eigenvalue weighted by molar-refractivity contribution is 5.85. The van der Waals surface area contributed by atoms with Gasteiger partial charge in [0.15, 0.2) is 0 Å². The van der Waals surface area contributed by atoms with E-state index < -0.39 is 5.97 Å². The third kappa shape index (κ3) is 2.23. The number of H-pyrrole nitrogens is 1. The molecule has 12 heavy (non-hydrogen) atoms. The molecule has 1 heterocycles. The topological polar surface area (TPSA) is 66.0 Å². The number of hydrogen-bond donors (Lipinski definition) is 2. The van der Waals surface area contributed by atoms with Crippen LogP contribution in [0.5, 0.6) is 0 Å². The van der Waals surface area contributed by atoms with E-state index in [1.165, 1.54) is 0 Å². The van der Waals surface area contributed by atoms with Gasteiger partial charge in [-0.1, -0.05) is 0 Å². The van der Waals surface area contributed by atoms with Crippen LogP contribution in [0.4, 0.5) is 0 Å². The zero-order valence-electron chi connectivity index (χ0n) is 6.92. The Morgan fingerprint density at radius 3 is 2.50 bits per heavy atom. The Morgan fingerprint density at radius 2 is 2.17 bits per heavy atom. The number of carboxylic acid groups (broad SMARTS) is 1. The minimum absolute atomic E-state index is 0. The number of rotatable bonds is 2. The van der Waals surface area contributed by atoms with E-state index in [1.807, 2.05) is 6.92 Å². The summed E-state index contributed by atoms with van der Waals surface area (Å²) in [6.07, 6.45) is 0.0498. The molecule has 5 heteroatoms. The van der Waals surface area contributed by atoms with E-state index >= 15 is 0 Å². The molecular weight excluding hydrogens is 180 g/mol. The molecule has 0 unspecified atom stereocenters. The van der Waals surface area contributed by atoms with Crippen molar-refractivity contribution in [1.29, 1.82) is 0 Å². The Labute approximate surface area is 76.4 Å². The molecule has 0 aliphatic heterocycles. The maximum Gasteiger partial charge on any atom is 0.307 e. The first-order chi connectivity index (χ1) is 5.11. The molecule has 0 bridgehead atoms. The van der Waals surface area contributed by atoms with Crippen LogP contribution in [-0.4, -0.2) is 21.3 Å². The zero-order valence-corrected chi connectivity index (χ0v) is 7.73. The molecule has 1 aromatic rings. The summed E-state index contributed by atoms with van der Waals surface area (Å²) >= 11 is 0. The van der Waals surface area contributed by atoms with Gasteiger partial charge >= 0.3 is 5.97 Å². The standard InChI is InChI=1S/C7H10N2O2.ClH/c1-4-6(3-7(10)11)5(2)9-8-4;/h3H2,1-2H3,(H,8,9)(H,10,11);1H. The average Bonchev–Trinajstić information content (AvgIpc) is 2.18. The molecule has 0 aromatic carbocycles. The fourth-order valence-corrected chi connectivity index (χ4v) is 0.986. The van der Waals surface area contributed by atoms with Crippen molar-refractivity contribution in [3.05, 3.63) is 17.0 Å². The van der Waals surface area contributed by atoms with Crippen LogP contribution in [0, 0.1) is 13.8 Å². The summed E-state index contributed by atoms with van der Waals surface area (Å²) in [4.78, 5) is 10.3. The van der Waals surface area contributed by atoms with Crippen LogP contribution < -0.4 is 0 Å². The van der Waals surface area contributed by atoms with Crippen LogP contribution >= 0.6 is 12.4 Å². The molecule has 0 aliphatic rings. The van der Waals surface area contributed by atoms with Gasteiger partial charge in [-0.05, 0) is 13.8 Å². The second-order valence-corrected chi connectivity index (χ2v) is 2.48. The van der Waals surface area contributed by atoms with Gasteiger partial charge < -0.3 is 5.11 Å². The SMILES string of the molecule is Cc1n[nH]c(C)c1CC(=O)O.Cl. The van der Waals surface area contributed by atoms with Gasteiger partial charge in [0, 0.05) is 11.3 Å². The number of aromatic nitrogens is 2. The van der Waals surface area contributed by atoms with Crippen LogP contribution in [0.15, 0.2) is 0 Å². The molecule has 0 spiro atoms. The van der Waals surface area contributed by atoms with Crippen molar-refractivity contribution in [2.24, 2.45) is 0 Å². The average molecular weight is 191 g/mol. The lowest BCUT2D eigenvalue weighted by molar-refractivity contribution is -0.136. The van der Waals surface area contributed by atoms with E-state index in [4.69, 9.17) is 5.11 Å². The number of carboxylic acids is 1. The number of aliphatic carboxylic acids is 1. The van der Waals surface area contributed by atoms with Crippen LogP contribution in [0.25, 0.3) is 0 Å². The molecule has 2 N–H and O–H groups in total. The second kappa shape index (κ2) is 4.11. The van der Waals surface area contributed by atoms with Gasteiger partial charge in [0.1, 0.15) is 0 Å². The molecule has 4 nitrogen and oxygen atoms in total. The quantitative estimate of drug-likeness (QED) is 0.734. The van der Waals surface area contributed by atoms with Gasteiger partial charge in [-0.15, -0.1) is 12.4 Å². The summed E-state index contributed by atoms with van der Waals surface area (Å²) in [6, 6.07) is 0. The number of aryl methyl sites for hydroxylation is 2. The van der Waals surface area contributed by atoms with Crippen molar-refractivity contribution < 1.29 is 9.90 Å².